The molecule has 0 unspecified atom stereocenters. The minimum absolute atomic E-state index is 0.0556. The van der Waals surface area contributed by atoms with Crippen molar-refractivity contribution in [3.63, 3.8) is 0 Å². The highest BCUT2D eigenvalue weighted by Gasteiger charge is 2.25. The molecule has 1 aliphatic rings. The second-order valence-electron chi connectivity index (χ2n) is 4.73. The van der Waals surface area contributed by atoms with Gasteiger partial charge in [-0.15, -0.1) is 11.8 Å². The number of hydrogen-bond donors (Lipinski definition) is 0. The summed E-state index contributed by atoms with van der Waals surface area (Å²) in [5.41, 5.74) is 2.17. The summed E-state index contributed by atoms with van der Waals surface area (Å²) in [7, 11) is 0. The van der Waals surface area contributed by atoms with Crippen LogP contribution in [-0.2, 0) is 4.79 Å². The highest BCUT2D eigenvalue weighted by atomic mass is 79.9. The van der Waals surface area contributed by atoms with Crippen molar-refractivity contribution in [1.29, 1.82) is 0 Å². The summed E-state index contributed by atoms with van der Waals surface area (Å²) >= 11 is 10.2. The first-order valence-corrected chi connectivity index (χ1v) is 9.02. The number of benzene rings is 1. The van der Waals surface area contributed by atoms with Crippen LogP contribution in [-0.4, -0.2) is 39.2 Å². The number of carbonyl (C=O) groups excluding carboxylic acids is 1. The number of rotatable bonds is 5. The SMILES string of the molecule is CSc1ccc(C(C(=S)CC(=O)Br)=[N+]2CCCC2)cc1. The molecule has 0 aromatic heterocycles. The Morgan fingerprint density at radius 2 is 1.90 bits per heavy atom. The highest BCUT2D eigenvalue weighted by Crippen LogP contribution is 2.17. The van der Waals surface area contributed by atoms with Crippen LogP contribution in [0.15, 0.2) is 29.2 Å². The average molecular weight is 371 g/mol. The molecular weight excluding hydrogens is 354 g/mol. The summed E-state index contributed by atoms with van der Waals surface area (Å²) in [4.78, 5) is 13.3. The van der Waals surface area contributed by atoms with Gasteiger partial charge < -0.3 is 0 Å². The third kappa shape index (κ3) is 3.99. The van der Waals surface area contributed by atoms with E-state index in [9.17, 15) is 4.79 Å². The molecule has 1 aromatic carbocycles. The van der Waals surface area contributed by atoms with Crippen LogP contribution in [0.3, 0.4) is 0 Å². The van der Waals surface area contributed by atoms with Crippen LogP contribution < -0.4 is 0 Å². The summed E-state index contributed by atoms with van der Waals surface area (Å²) in [5, 5.41) is 0. The fourth-order valence-electron chi connectivity index (χ4n) is 2.42. The predicted octanol–water partition coefficient (Wildman–Crippen LogP) is 3.69. The molecule has 2 rings (SSSR count). The molecule has 0 atom stereocenters. The molecule has 0 amide bonds. The second-order valence-corrected chi connectivity index (χ2v) is 6.98. The van der Waals surface area contributed by atoms with Crippen LogP contribution in [0.5, 0.6) is 0 Å². The maximum atomic E-state index is 11.3. The van der Waals surface area contributed by atoms with E-state index < -0.39 is 0 Å². The molecule has 1 saturated heterocycles. The van der Waals surface area contributed by atoms with Gasteiger partial charge in [0.25, 0.3) is 0 Å². The van der Waals surface area contributed by atoms with Crippen LogP contribution >= 0.6 is 39.9 Å². The Bertz CT molecular complexity index is 543. The van der Waals surface area contributed by atoms with Gasteiger partial charge in [-0.1, -0.05) is 12.2 Å². The van der Waals surface area contributed by atoms with Crippen molar-refractivity contribution in [3.8, 4) is 0 Å². The molecule has 1 aromatic rings. The van der Waals surface area contributed by atoms with Gasteiger partial charge in [0, 0.05) is 23.3 Å². The Balaban J connectivity index is 2.38. The number of carbonyl (C=O) groups is 1. The fraction of sp³-hybridized carbons (Fsp3) is 0.400. The summed E-state index contributed by atoms with van der Waals surface area (Å²) in [6.07, 6.45) is 4.73. The van der Waals surface area contributed by atoms with E-state index in [0.717, 1.165) is 29.2 Å². The molecule has 106 valence electrons. The largest absolute Gasteiger partial charge is 0.286 e. The molecular formula is C15H17BrNOS2+. The van der Waals surface area contributed by atoms with Crippen molar-refractivity contribution in [3.05, 3.63) is 29.8 Å². The van der Waals surface area contributed by atoms with E-state index in [-0.39, 0.29) is 11.1 Å². The van der Waals surface area contributed by atoms with Gasteiger partial charge in [0.05, 0.1) is 11.3 Å². The molecule has 0 bridgehead atoms. The van der Waals surface area contributed by atoms with Crippen LogP contribution in [0.2, 0.25) is 0 Å². The first-order chi connectivity index (χ1) is 9.61. The summed E-state index contributed by atoms with van der Waals surface area (Å²) < 4.78 is 2.26. The highest BCUT2D eigenvalue weighted by molar-refractivity contribution is 9.18. The van der Waals surface area contributed by atoms with Crippen LogP contribution in [0, 0.1) is 0 Å². The van der Waals surface area contributed by atoms with E-state index in [2.05, 4.69) is 51.0 Å². The molecule has 1 heterocycles. The quantitative estimate of drug-likeness (QED) is 0.341. The monoisotopic (exact) mass is 370 g/mol. The van der Waals surface area contributed by atoms with Crippen molar-refractivity contribution in [2.45, 2.75) is 24.2 Å². The van der Waals surface area contributed by atoms with E-state index in [1.165, 1.54) is 17.7 Å². The van der Waals surface area contributed by atoms with E-state index in [4.69, 9.17) is 12.2 Å². The Labute approximate surface area is 137 Å². The molecule has 1 fully saturated rings. The maximum absolute atomic E-state index is 11.3. The Kier molecular flexibility index (Phi) is 5.93. The standard InChI is InChI=1S/C15H17BrNOS2/c1-20-12-6-4-11(5-7-12)15(13(19)10-14(16)18)17-8-2-3-9-17/h4-7H,2-3,8-10H2,1H3/q+1. The maximum Gasteiger partial charge on any atom is 0.221 e. The Hall–Kier alpha value is -0.520. The minimum atomic E-state index is -0.0556. The zero-order valence-electron chi connectivity index (χ0n) is 11.4. The lowest BCUT2D eigenvalue weighted by atomic mass is 10.1. The van der Waals surface area contributed by atoms with E-state index in [1.807, 2.05) is 0 Å². The topological polar surface area (TPSA) is 20.1 Å². The van der Waals surface area contributed by atoms with Crippen molar-refractivity contribution in [1.82, 2.24) is 0 Å². The zero-order valence-corrected chi connectivity index (χ0v) is 14.6. The summed E-state index contributed by atoms with van der Waals surface area (Å²) in [6, 6.07) is 8.41. The first-order valence-electron chi connectivity index (χ1n) is 6.59. The molecule has 0 spiro atoms. The van der Waals surface area contributed by atoms with Gasteiger partial charge in [-0.25, -0.2) is 4.58 Å². The van der Waals surface area contributed by atoms with Gasteiger partial charge in [-0.2, -0.15) is 0 Å². The number of halogens is 1. The molecule has 0 saturated carbocycles. The lowest BCUT2D eigenvalue weighted by Crippen LogP contribution is -2.27. The molecule has 5 heteroatoms. The first kappa shape index (κ1) is 15.9. The summed E-state index contributed by atoms with van der Waals surface area (Å²) in [5.74, 6) is 0. The average Bonchev–Trinajstić information content (AvgIpc) is 2.93. The van der Waals surface area contributed by atoms with Crippen molar-refractivity contribution in [2.24, 2.45) is 0 Å². The van der Waals surface area contributed by atoms with Gasteiger partial charge in [0.2, 0.25) is 10.4 Å². The molecule has 0 radical (unpaired) electrons. The van der Waals surface area contributed by atoms with E-state index in [1.54, 1.807) is 11.8 Å². The smallest absolute Gasteiger partial charge is 0.221 e. The second kappa shape index (κ2) is 7.48. The van der Waals surface area contributed by atoms with Gasteiger partial charge in [0.15, 0.2) is 0 Å². The number of nitrogens with zero attached hydrogens (tertiary/aromatic N) is 1. The fourth-order valence-corrected chi connectivity index (χ4v) is 3.67. The van der Waals surface area contributed by atoms with Gasteiger partial charge in [-0.05, 0) is 46.5 Å². The van der Waals surface area contributed by atoms with Crippen LogP contribution in [0.25, 0.3) is 0 Å². The number of thioether (sulfide) groups is 1. The van der Waals surface area contributed by atoms with Crippen molar-refractivity contribution >= 4 is 55.2 Å². The van der Waals surface area contributed by atoms with Crippen LogP contribution in [0.4, 0.5) is 0 Å². The van der Waals surface area contributed by atoms with Crippen LogP contribution in [0.1, 0.15) is 24.8 Å². The molecule has 0 aliphatic carbocycles. The number of hydrogen-bond acceptors (Lipinski definition) is 3. The van der Waals surface area contributed by atoms with Gasteiger partial charge >= 0.3 is 0 Å². The molecule has 1 aliphatic heterocycles. The predicted molar refractivity (Wildman–Crippen MR) is 92.7 cm³/mol. The lowest BCUT2D eigenvalue weighted by Gasteiger charge is -2.07. The Morgan fingerprint density at radius 3 is 2.40 bits per heavy atom. The van der Waals surface area contributed by atoms with Gasteiger partial charge in [-0.3, -0.25) is 4.79 Å². The molecule has 20 heavy (non-hydrogen) atoms. The third-order valence-electron chi connectivity index (χ3n) is 3.35. The van der Waals surface area contributed by atoms with Crippen molar-refractivity contribution in [2.75, 3.05) is 19.3 Å². The van der Waals surface area contributed by atoms with E-state index >= 15 is 0 Å². The van der Waals surface area contributed by atoms with E-state index in [0.29, 0.717) is 0 Å². The zero-order chi connectivity index (χ0) is 14.5. The number of thiocarbonyl (C=S) groups is 1. The van der Waals surface area contributed by atoms with Crippen molar-refractivity contribution < 1.29 is 9.37 Å². The minimum Gasteiger partial charge on any atom is -0.286 e. The Morgan fingerprint density at radius 1 is 1.30 bits per heavy atom. The summed E-state index contributed by atoms with van der Waals surface area (Å²) in [6.45, 7) is 2.05. The van der Waals surface area contributed by atoms with Gasteiger partial charge in [0.1, 0.15) is 13.1 Å². The lowest BCUT2D eigenvalue weighted by molar-refractivity contribution is -0.503. The molecule has 2 nitrogen and oxygen atoms in total. The third-order valence-corrected chi connectivity index (χ3v) is 4.71. The molecule has 0 N–H and O–H groups in total. The normalized spacial score (nSPS) is 14.4.